The fourth-order valence-electron chi connectivity index (χ4n) is 2.68. The molecule has 21 heavy (non-hydrogen) atoms. The van der Waals surface area contributed by atoms with Crippen molar-refractivity contribution >= 4 is 5.69 Å². The third kappa shape index (κ3) is 2.87. The number of benzene rings is 1. The zero-order chi connectivity index (χ0) is 14.8. The van der Waals surface area contributed by atoms with Crippen molar-refractivity contribution in [3.05, 3.63) is 23.5 Å². The number of tetrazole rings is 1. The number of rotatable bonds is 3. The molecule has 6 nitrogen and oxygen atoms in total. The lowest BCUT2D eigenvalue weighted by Gasteiger charge is -2.22. The Hall–Kier alpha value is -2.02. The van der Waals surface area contributed by atoms with Crippen molar-refractivity contribution in [1.82, 2.24) is 20.2 Å². The standard InChI is InChI=1S/C14H18FN5O/c1-9-5-11(16)6-12(13(9)15)14-17-18-19-20(14)7-10-3-2-4-21-8-10/h5-6,10H,2-4,7-8,16H2,1H3. The molecule has 112 valence electrons. The van der Waals surface area contributed by atoms with E-state index < -0.39 is 0 Å². The van der Waals surface area contributed by atoms with Gasteiger partial charge in [-0.25, -0.2) is 9.07 Å². The zero-order valence-electron chi connectivity index (χ0n) is 11.9. The molecule has 1 aromatic heterocycles. The van der Waals surface area contributed by atoms with Crippen LogP contribution in [0.5, 0.6) is 0 Å². The molecule has 1 unspecified atom stereocenters. The Bertz CT molecular complexity index is 636. The second-order valence-electron chi connectivity index (χ2n) is 5.47. The average molecular weight is 291 g/mol. The van der Waals surface area contributed by atoms with E-state index in [2.05, 4.69) is 15.5 Å². The van der Waals surface area contributed by atoms with Gasteiger partial charge in [0.1, 0.15) is 5.82 Å². The van der Waals surface area contributed by atoms with Gasteiger partial charge in [0.2, 0.25) is 0 Å². The van der Waals surface area contributed by atoms with Crippen LogP contribution in [0.1, 0.15) is 18.4 Å². The van der Waals surface area contributed by atoms with Gasteiger partial charge in [-0.3, -0.25) is 0 Å². The molecule has 0 spiro atoms. The summed E-state index contributed by atoms with van der Waals surface area (Å²) in [6.07, 6.45) is 2.10. The number of aryl methyl sites for hydroxylation is 1. The first-order valence-electron chi connectivity index (χ1n) is 7.05. The van der Waals surface area contributed by atoms with Crippen molar-refractivity contribution < 1.29 is 9.13 Å². The van der Waals surface area contributed by atoms with E-state index in [4.69, 9.17) is 10.5 Å². The number of hydrogen-bond acceptors (Lipinski definition) is 5. The molecule has 0 amide bonds. The lowest BCUT2D eigenvalue weighted by Crippen LogP contribution is -2.23. The number of anilines is 1. The minimum Gasteiger partial charge on any atom is -0.399 e. The maximum atomic E-state index is 14.3. The summed E-state index contributed by atoms with van der Waals surface area (Å²) < 4.78 is 21.4. The van der Waals surface area contributed by atoms with E-state index in [1.165, 1.54) is 0 Å². The predicted octanol–water partition coefficient (Wildman–Crippen LogP) is 1.80. The first kappa shape index (κ1) is 13.9. The highest BCUT2D eigenvalue weighted by atomic mass is 19.1. The van der Waals surface area contributed by atoms with Crippen molar-refractivity contribution in [1.29, 1.82) is 0 Å². The van der Waals surface area contributed by atoms with Crippen molar-refractivity contribution in [2.45, 2.75) is 26.3 Å². The largest absolute Gasteiger partial charge is 0.399 e. The Morgan fingerprint density at radius 1 is 1.48 bits per heavy atom. The summed E-state index contributed by atoms with van der Waals surface area (Å²) in [7, 11) is 0. The van der Waals surface area contributed by atoms with Crippen LogP contribution in [0.3, 0.4) is 0 Å². The molecule has 1 aliphatic heterocycles. The second-order valence-corrected chi connectivity index (χ2v) is 5.47. The summed E-state index contributed by atoms with van der Waals surface area (Å²) in [4.78, 5) is 0. The monoisotopic (exact) mass is 291 g/mol. The molecule has 2 heterocycles. The third-order valence-corrected chi connectivity index (χ3v) is 3.74. The average Bonchev–Trinajstić information content (AvgIpc) is 2.92. The van der Waals surface area contributed by atoms with E-state index in [0.29, 0.717) is 41.7 Å². The van der Waals surface area contributed by atoms with Gasteiger partial charge in [-0.05, 0) is 47.9 Å². The number of aromatic nitrogens is 4. The summed E-state index contributed by atoms with van der Waals surface area (Å²) in [5.41, 5.74) is 7.13. The molecule has 2 N–H and O–H groups in total. The van der Waals surface area contributed by atoms with Gasteiger partial charge < -0.3 is 10.5 Å². The maximum Gasteiger partial charge on any atom is 0.185 e. The number of hydrogen-bond donors (Lipinski definition) is 1. The summed E-state index contributed by atoms with van der Waals surface area (Å²) in [5, 5.41) is 11.6. The Balaban J connectivity index is 1.91. The Kier molecular flexibility index (Phi) is 3.83. The number of halogens is 1. The molecule has 3 rings (SSSR count). The molecule has 1 atom stereocenters. The minimum absolute atomic E-state index is 0.333. The highest BCUT2D eigenvalue weighted by Crippen LogP contribution is 2.26. The molecule has 1 fully saturated rings. The number of ether oxygens (including phenoxy) is 1. The summed E-state index contributed by atoms with van der Waals surface area (Å²) in [5.74, 6) is 0.430. The minimum atomic E-state index is -0.333. The smallest absolute Gasteiger partial charge is 0.185 e. The predicted molar refractivity (Wildman–Crippen MR) is 75.9 cm³/mol. The quantitative estimate of drug-likeness (QED) is 0.872. The molecule has 0 radical (unpaired) electrons. The fourth-order valence-corrected chi connectivity index (χ4v) is 2.68. The van der Waals surface area contributed by atoms with Gasteiger partial charge in [-0.1, -0.05) is 0 Å². The molecular formula is C14H18FN5O. The lowest BCUT2D eigenvalue weighted by atomic mass is 10.0. The van der Waals surface area contributed by atoms with Gasteiger partial charge in [0.15, 0.2) is 5.82 Å². The van der Waals surface area contributed by atoms with Crippen LogP contribution < -0.4 is 5.73 Å². The lowest BCUT2D eigenvalue weighted by molar-refractivity contribution is 0.0470. The van der Waals surface area contributed by atoms with Crippen LogP contribution in [0.15, 0.2) is 12.1 Å². The third-order valence-electron chi connectivity index (χ3n) is 3.74. The molecule has 7 heteroatoms. The van der Waals surface area contributed by atoms with Crippen molar-refractivity contribution in [2.75, 3.05) is 18.9 Å². The van der Waals surface area contributed by atoms with Crippen LogP contribution in [0.2, 0.25) is 0 Å². The van der Waals surface area contributed by atoms with E-state index >= 15 is 0 Å². The van der Waals surface area contributed by atoms with Gasteiger partial charge in [0.25, 0.3) is 0 Å². The van der Waals surface area contributed by atoms with E-state index in [1.54, 1.807) is 23.7 Å². The van der Waals surface area contributed by atoms with E-state index in [9.17, 15) is 4.39 Å². The molecule has 0 bridgehead atoms. The van der Waals surface area contributed by atoms with Crippen molar-refractivity contribution in [3.63, 3.8) is 0 Å². The van der Waals surface area contributed by atoms with E-state index in [-0.39, 0.29) is 5.82 Å². The topological polar surface area (TPSA) is 78.9 Å². The summed E-state index contributed by atoms with van der Waals surface area (Å²) in [6.45, 7) is 3.80. The van der Waals surface area contributed by atoms with E-state index in [1.807, 2.05) is 0 Å². The Morgan fingerprint density at radius 3 is 3.10 bits per heavy atom. The highest BCUT2D eigenvalue weighted by molar-refractivity contribution is 5.63. The van der Waals surface area contributed by atoms with Gasteiger partial charge in [-0.15, -0.1) is 5.10 Å². The molecule has 1 saturated heterocycles. The van der Waals surface area contributed by atoms with Gasteiger partial charge in [0, 0.05) is 18.2 Å². The van der Waals surface area contributed by atoms with Crippen LogP contribution in [-0.4, -0.2) is 33.4 Å². The fraction of sp³-hybridized carbons (Fsp3) is 0.500. The normalized spacial score (nSPS) is 18.9. The first-order valence-corrected chi connectivity index (χ1v) is 7.05. The van der Waals surface area contributed by atoms with Gasteiger partial charge >= 0.3 is 0 Å². The zero-order valence-corrected chi connectivity index (χ0v) is 11.9. The van der Waals surface area contributed by atoms with Gasteiger partial charge in [-0.2, -0.15) is 0 Å². The molecule has 1 aliphatic rings. The van der Waals surface area contributed by atoms with Crippen LogP contribution >= 0.6 is 0 Å². The Morgan fingerprint density at radius 2 is 2.33 bits per heavy atom. The molecule has 0 aliphatic carbocycles. The second kappa shape index (κ2) is 5.77. The van der Waals surface area contributed by atoms with Crippen LogP contribution in [0.4, 0.5) is 10.1 Å². The number of nitrogens with two attached hydrogens (primary N) is 1. The van der Waals surface area contributed by atoms with E-state index in [0.717, 1.165) is 19.4 Å². The van der Waals surface area contributed by atoms with Crippen LogP contribution in [0, 0.1) is 18.7 Å². The first-order chi connectivity index (χ1) is 10.1. The number of nitrogen functional groups attached to an aromatic ring is 1. The Labute approximate surface area is 122 Å². The van der Waals surface area contributed by atoms with Crippen LogP contribution in [0.25, 0.3) is 11.4 Å². The van der Waals surface area contributed by atoms with Crippen molar-refractivity contribution in [3.8, 4) is 11.4 Å². The van der Waals surface area contributed by atoms with Gasteiger partial charge in [0.05, 0.1) is 18.7 Å². The molecule has 0 saturated carbocycles. The van der Waals surface area contributed by atoms with Crippen molar-refractivity contribution in [2.24, 2.45) is 5.92 Å². The van der Waals surface area contributed by atoms with Crippen LogP contribution in [-0.2, 0) is 11.3 Å². The molecule has 1 aromatic carbocycles. The number of nitrogens with zero attached hydrogens (tertiary/aromatic N) is 4. The highest BCUT2D eigenvalue weighted by Gasteiger charge is 2.20. The maximum absolute atomic E-state index is 14.3. The molecule has 2 aromatic rings. The summed E-state index contributed by atoms with van der Waals surface area (Å²) in [6, 6.07) is 3.17. The SMILES string of the molecule is Cc1cc(N)cc(-c2nnnn2CC2CCCOC2)c1F. The molecular weight excluding hydrogens is 273 g/mol. The summed E-state index contributed by atoms with van der Waals surface area (Å²) >= 11 is 0.